The number of carboxylic acid groups (broad SMARTS) is 1. The van der Waals surface area contributed by atoms with Crippen LogP contribution < -0.4 is 10.6 Å². The van der Waals surface area contributed by atoms with Gasteiger partial charge in [-0.25, -0.2) is 0 Å². The van der Waals surface area contributed by atoms with Gasteiger partial charge in [-0.15, -0.1) is 0 Å². The van der Waals surface area contributed by atoms with Crippen LogP contribution in [0.5, 0.6) is 0 Å². The van der Waals surface area contributed by atoms with Crippen LogP contribution in [-0.4, -0.2) is 36.1 Å². The van der Waals surface area contributed by atoms with Gasteiger partial charge in [0.1, 0.15) is 0 Å². The Hall–Kier alpha value is -1.10. The van der Waals surface area contributed by atoms with Gasteiger partial charge in [0.15, 0.2) is 0 Å². The second-order valence-corrected chi connectivity index (χ2v) is 5.33. The summed E-state index contributed by atoms with van der Waals surface area (Å²) in [6, 6.07) is 0.452. The number of carboxylic acids is 1. The summed E-state index contributed by atoms with van der Waals surface area (Å²) in [5.74, 6) is -1.03. The van der Waals surface area contributed by atoms with Crippen molar-refractivity contribution in [2.24, 2.45) is 5.41 Å². The second kappa shape index (κ2) is 6.00. The minimum atomic E-state index is -0.914. The first-order chi connectivity index (χ1) is 7.92. The van der Waals surface area contributed by atoms with Gasteiger partial charge in [0, 0.05) is 12.6 Å². The van der Waals surface area contributed by atoms with Crippen molar-refractivity contribution in [2.75, 3.05) is 13.1 Å². The lowest BCUT2D eigenvalue weighted by Crippen LogP contribution is -2.43. The van der Waals surface area contributed by atoms with Crippen molar-refractivity contribution in [1.29, 1.82) is 0 Å². The van der Waals surface area contributed by atoms with Crippen LogP contribution in [0.2, 0.25) is 0 Å². The largest absolute Gasteiger partial charge is 0.481 e. The average Bonchev–Trinajstić information content (AvgIpc) is 2.76. The van der Waals surface area contributed by atoms with Crippen LogP contribution in [0.3, 0.4) is 0 Å². The Labute approximate surface area is 102 Å². The number of aliphatic carboxylic acids is 1. The normalized spacial score (nSPS) is 17.1. The third-order valence-corrected chi connectivity index (χ3v) is 3.21. The fourth-order valence-corrected chi connectivity index (χ4v) is 1.82. The third-order valence-electron chi connectivity index (χ3n) is 3.21. The number of nitrogens with one attached hydrogen (secondary N) is 2. The lowest BCUT2D eigenvalue weighted by molar-refractivity contribution is -0.146. The summed E-state index contributed by atoms with van der Waals surface area (Å²) in [5, 5.41) is 14.7. The van der Waals surface area contributed by atoms with E-state index in [4.69, 9.17) is 5.11 Å². The fourth-order valence-electron chi connectivity index (χ4n) is 1.82. The molecule has 0 bridgehead atoms. The van der Waals surface area contributed by atoms with Crippen LogP contribution in [0.25, 0.3) is 0 Å². The first-order valence-corrected chi connectivity index (χ1v) is 6.15. The lowest BCUT2D eigenvalue weighted by atomic mass is 9.94. The Morgan fingerprint density at radius 1 is 1.29 bits per heavy atom. The molecule has 1 rings (SSSR count). The van der Waals surface area contributed by atoms with E-state index in [1.807, 2.05) is 0 Å². The standard InChI is InChI=1S/C12H22N2O3/c1-12(2,11(16)17)8-14-10(15)7-13-9-5-3-4-6-9/h9,13H,3-8H2,1-2H3,(H,14,15)(H,16,17). The smallest absolute Gasteiger partial charge is 0.310 e. The van der Waals surface area contributed by atoms with E-state index in [9.17, 15) is 9.59 Å². The highest BCUT2D eigenvalue weighted by molar-refractivity contribution is 5.80. The van der Waals surface area contributed by atoms with Gasteiger partial charge in [-0.05, 0) is 26.7 Å². The highest BCUT2D eigenvalue weighted by atomic mass is 16.4. The average molecular weight is 242 g/mol. The molecular weight excluding hydrogens is 220 g/mol. The number of hydrogen-bond donors (Lipinski definition) is 3. The van der Waals surface area contributed by atoms with Crippen molar-refractivity contribution >= 4 is 11.9 Å². The van der Waals surface area contributed by atoms with Gasteiger partial charge in [0.2, 0.25) is 5.91 Å². The van der Waals surface area contributed by atoms with Crippen LogP contribution in [0.15, 0.2) is 0 Å². The van der Waals surface area contributed by atoms with E-state index in [1.165, 1.54) is 12.8 Å². The lowest BCUT2D eigenvalue weighted by Gasteiger charge is -2.20. The third kappa shape index (κ3) is 4.73. The molecule has 1 aliphatic rings. The van der Waals surface area contributed by atoms with E-state index < -0.39 is 11.4 Å². The molecule has 0 unspecified atom stereocenters. The molecule has 1 saturated carbocycles. The topological polar surface area (TPSA) is 78.4 Å². The molecule has 0 heterocycles. The Balaban J connectivity index is 2.18. The van der Waals surface area contributed by atoms with Crippen LogP contribution in [-0.2, 0) is 9.59 Å². The monoisotopic (exact) mass is 242 g/mol. The summed E-state index contributed by atoms with van der Waals surface area (Å²) < 4.78 is 0. The minimum Gasteiger partial charge on any atom is -0.481 e. The molecule has 1 amide bonds. The van der Waals surface area contributed by atoms with Crippen molar-refractivity contribution in [2.45, 2.75) is 45.6 Å². The quantitative estimate of drug-likeness (QED) is 0.642. The maximum atomic E-state index is 11.5. The number of carbonyl (C=O) groups is 2. The summed E-state index contributed by atoms with van der Waals surface area (Å²) in [6.07, 6.45) is 4.72. The maximum Gasteiger partial charge on any atom is 0.310 e. The molecule has 0 saturated heterocycles. The first-order valence-electron chi connectivity index (χ1n) is 6.15. The van der Waals surface area contributed by atoms with E-state index in [2.05, 4.69) is 10.6 Å². The number of carbonyl (C=O) groups excluding carboxylic acids is 1. The van der Waals surface area contributed by atoms with E-state index in [0.29, 0.717) is 6.04 Å². The highest BCUT2D eigenvalue weighted by Gasteiger charge is 2.27. The van der Waals surface area contributed by atoms with E-state index in [-0.39, 0.29) is 19.0 Å². The van der Waals surface area contributed by atoms with Crippen molar-refractivity contribution in [1.82, 2.24) is 10.6 Å². The predicted molar refractivity (Wildman–Crippen MR) is 64.7 cm³/mol. The van der Waals surface area contributed by atoms with Crippen molar-refractivity contribution < 1.29 is 14.7 Å². The molecule has 0 aromatic rings. The Kier molecular flexibility index (Phi) is 4.93. The molecule has 1 fully saturated rings. The number of amides is 1. The zero-order chi connectivity index (χ0) is 12.9. The Morgan fingerprint density at radius 2 is 1.88 bits per heavy atom. The van der Waals surface area contributed by atoms with Gasteiger partial charge in [0.25, 0.3) is 0 Å². The Bertz CT molecular complexity index is 283. The molecule has 5 nitrogen and oxygen atoms in total. The molecule has 17 heavy (non-hydrogen) atoms. The number of hydrogen-bond acceptors (Lipinski definition) is 3. The molecule has 0 radical (unpaired) electrons. The molecule has 0 spiro atoms. The molecular formula is C12H22N2O3. The summed E-state index contributed by atoms with van der Waals surface area (Å²) in [6.45, 7) is 3.63. The van der Waals surface area contributed by atoms with Crippen LogP contribution in [0.1, 0.15) is 39.5 Å². The molecule has 0 aromatic carbocycles. The molecule has 1 aliphatic carbocycles. The molecule has 98 valence electrons. The van der Waals surface area contributed by atoms with Crippen LogP contribution in [0, 0.1) is 5.41 Å². The molecule has 3 N–H and O–H groups in total. The molecule has 0 aliphatic heterocycles. The van der Waals surface area contributed by atoms with Crippen LogP contribution >= 0.6 is 0 Å². The van der Waals surface area contributed by atoms with Gasteiger partial charge in [0.05, 0.1) is 12.0 Å². The van der Waals surface area contributed by atoms with E-state index in [0.717, 1.165) is 12.8 Å². The zero-order valence-corrected chi connectivity index (χ0v) is 10.6. The SMILES string of the molecule is CC(C)(CNC(=O)CNC1CCCC1)C(=O)O. The van der Waals surface area contributed by atoms with Crippen molar-refractivity contribution in [3.8, 4) is 0 Å². The van der Waals surface area contributed by atoms with Gasteiger partial charge in [-0.3, -0.25) is 9.59 Å². The fraction of sp³-hybridized carbons (Fsp3) is 0.833. The highest BCUT2D eigenvalue weighted by Crippen LogP contribution is 2.17. The zero-order valence-electron chi connectivity index (χ0n) is 10.6. The maximum absolute atomic E-state index is 11.5. The van der Waals surface area contributed by atoms with Gasteiger partial charge in [-0.2, -0.15) is 0 Å². The first kappa shape index (κ1) is 14.0. The van der Waals surface area contributed by atoms with Crippen molar-refractivity contribution in [3.63, 3.8) is 0 Å². The summed E-state index contributed by atoms with van der Waals surface area (Å²) in [7, 11) is 0. The Morgan fingerprint density at radius 3 is 2.41 bits per heavy atom. The van der Waals surface area contributed by atoms with Gasteiger partial charge < -0.3 is 15.7 Å². The van der Waals surface area contributed by atoms with E-state index >= 15 is 0 Å². The summed E-state index contributed by atoms with van der Waals surface area (Å²) >= 11 is 0. The summed E-state index contributed by atoms with van der Waals surface area (Å²) in [5.41, 5.74) is -0.914. The minimum absolute atomic E-state index is 0.133. The predicted octanol–water partition coefficient (Wildman–Crippen LogP) is 0.746. The second-order valence-electron chi connectivity index (χ2n) is 5.33. The summed E-state index contributed by atoms with van der Waals surface area (Å²) in [4.78, 5) is 22.3. The molecule has 5 heteroatoms. The van der Waals surface area contributed by atoms with E-state index in [1.54, 1.807) is 13.8 Å². The van der Waals surface area contributed by atoms with Crippen LogP contribution in [0.4, 0.5) is 0 Å². The van der Waals surface area contributed by atoms with Crippen molar-refractivity contribution in [3.05, 3.63) is 0 Å². The molecule has 0 aromatic heterocycles. The molecule has 0 atom stereocenters. The van der Waals surface area contributed by atoms with Gasteiger partial charge >= 0.3 is 5.97 Å². The van der Waals surface area contributed by atoms with Gasteiger partial charge in [-0.1, -0.05) is 12.8 Å². The number of rotatable bonds is 6.